The number of hydrogen-bond donors (Lipinski definition) is 1. The lowest BCUT2D eigenvalue weighted by molar-refractivity contribution is -0.137. The van der Waals surface area contributed by atoms with E-state index in [0.29, 0.717) is 11.5 Å². The fourth-order valence-corrected chi connectivity index (χ4v) is 2.14. The zero-order valence-corrected chi connectivity index (χ0v) is 13.1. The topological polar surface area (TPSA) is 43.4 Å². The molecule has 0 aliphatic heterocycles. The van der Waals surface area contributed by atoms with Gasteiger partial charge in [-0.15, -0.1) is 0 Å². The lowest BCUT2D eigenvalue weighted by atomic mass is 10.2. The molecule has 8 heteroatoms. The monoisotopic (exact) mass is 346 g/mol. The van der Waals surface area contributed by atoms with Gasteiger partial charge in [0.1, 0.15) is 22.5 Å². The first-order valence-electron chi connectivity index (χ1n) is 6.53. The van der Waals surface area contributed by atoms with Crippen molar-refractivity contribution in [3.63, 3.8) is 0 Å². The molecule has 0 atom stereocenters. The van der Waals surface area contributed by atoms with Crippen LogP contribution in [0, 0.1) is 0 Å². The van der Waals surface area contributed by atoms with Crippen molar-refractivity contribution < 1.29 is 22.6 Å². The Morgan fingerprint density at radius 2 is 1.87 bits per heavy atom. The number of halogens is 4. The predicted molar refractivity (Wildman–Crippen MR) is 81.1 cm³/mol. The van der Waals surface area contributed by atoms with E-state index >= 15 is 0 Å². The molecule has 4 nitrogen and oxygen atoms in total. The van der Waals surface area contributed by atoms with Crippen LogP contribution in [0.3, 0.4) is 0 Å². The van der Waals surface area contributed by atoms with Gasteiger partial charge < -0.3 is 14.8 Å². The van der Waals surface area contributed by atoms with Crippen LogP contribution in [0.25, 0.3) is 0 Å². The first-order chi connectivity index (χ1) is 10.8. The second kappa shape index (κ2) is 6.95. The number of benzene rings is 1. The summed E-state index contributed by atoms with van der Waals surface area (Å²) in [5, 5.41) is 2.58. The van der Waals surface area contributed by atoms with Crippen molar-refractivity contribution in [2.75, 3.05) is 19.5 Å². The van der Waals surface area contributed by atoms with Gasteiger partial charge in [-0.3, -0.25) is 0 Å². The molecule has 0 unspecified atom stereocenters. The average molecular weight is 347 g/mol. The van der Waals surface area contributed by atoms with Gasteiger partial charge >= 0.3 is 6.18 Å². The highest BCUT2D eigenvalue weighted by Gasteiger charge is 2.31. The number of pyridine rings is 1. The normalized spacial score (nSPS) is 11.2. The molecule has 0 bridgehead atoms. The molecule has 0 aliphatic carbocycles. The highest BCUT2D eigenvalue weighted by atomic mass is 35.5. The summed E-state index contributed by atoms with van der Waals surface area (Å²) in [4.78, 5) is 3.84. The molecule has 1 heterocycles. The third-order valence-electron chi connectivity index (χ3n) is 3.08. The summed E-state index contributed by atoms with van der Waals surface area (Å²) in [6.07, 6.45) is -4.49. The van der Waals surface area contributed by atoms with E-state index in [1.807, 2.05) is 0 Å². The Labute approximate surface area is 136 Å². The predicted octanol–water partition coefficient (Wildman–Crippen LogP) is 4.38. The second-order valence-corrected chi connectivity index (χ2v) is 4.98. The van der Waals surface area contributed by atoms with E-state index < -0.39 is 11.7 Å². The molecule has 0 amide bonds. The zero-order chi connectivity index (χ0) is 17.0. The minimum absolute atomic E-state index is 0.0303. The van der Waals surface area contributed by atoms with Crippen molar-refractivity contribution in [1.82, 2.24) is 4.98 Å². The molecule has 0 radical (unpaired) electrons. The highest BCUT2D eigenvalue weighted by Crippen LogP contribution is 2.32. The largest absolute Gasteiger partial charge is 0.497 e. The van der Waals surface area contributed by atoms with Crippen LogP contribution in [0.15, 0.2) is 30.3 Å². The summed E-state index contributed by atoms with van der Waals surface area (Å²) in [6.45, 7) is 0.220. The van der Waals surface area contributed by atoms with Crippen LogP contribution >= 0.6 is 11.6 Å². The molecule has 0 fully saturated rings. The van der Waals surface area contributed by atoms with E-state index in [1.54, 1.807) is 18.2 Å². The minimum atomic E-state index is -4.49. The summed E-state index contributed by atoms with van der Waals surface area (Å²) in [5.41, 5.74) is -0.120. The molecule has 1 N–H and O–H groups in total. The van der Waals surface area contributed by atoms with Gasteiger partial charge in [0.2, 0.25) is 0 Å². The summed E-state index contributed by atoms with van der Waals surface area (Å²) in [7, 11) is 3.03. The lowest BCUT2D eigenvalue weighted by Crippen LogP contribution is -2.08. The molecular weight excluding hydrogens is 333 g/mol. The van der Waals surface area contributed by atoms with Crippen molar-refractivity contribution in [2.45, 2.75) is 12.7 Å². The fourth-order valence-electron chi connectivity index (χ4n) is 1.93. The van der Waals surface area contributed by atoms with Crippen LogP contribution < -0.4 is 14.8 Å². The Morgan fingerprint density at radius 1 is 1.13 bits per heavy atom. The van der Waals surface area contributed by atoms with Crippen LogP contribution in [-0.4, -0.2) is 19.2 Å². The van der Waals surface area contributed by atoms with Crippen LogP contribution in [0.2, 0.25) is 5.15 Å². The van der Waals surface area contributed by atoms with E-state index in [9.17, 15) is 13.2 Å². The fraction of sp³-hybridized carbons (Fsp3) is 0.267. The van der Waals surface area contributed by atoms with Crippen molar-refractivity contribution in [2.24, 2.45) is 0 Å². The molecule has 0 saturated heterocycles. The third-order valence-corrected chi connectivity index (χ3v) is 3.27. The minimum Gasteiger partial charge on any atom is -0.497 e. The van der Waals surface area contributed by atoms with Gasteiger partial charge in [-0.05, 0) is 24.3 Å². The maximum atomic E-state index is 12.8. The molecule has 1 aromatic carbocycles. The standard InChI is InChI=1S/C15H14ClF3N2O2/c1-22-11-4-3-9(12(7-11)23-2)8-20-14-6-10(15(17,18)19)5-13(16)21-14/h3-7H,8H2,1-2H3,(H,20,21). The average Bonchev–Trinajstić information content (AvgIpc) is 2.51. The van der Waals surface area contributed by atoms with Gasteiger partial charge in [-0.2, -0.15) is 13.2 Å². The van der Waals surface area contributed by atoms with E-state index in [-0.39, 0.29) is 17.5 Å². The van der Waals surface area contributed by atoms with Gasteiger partial charge in [-0.1, -0.05) is 11.6 Å². The second-order valence-electron chi connectivity index (χ2n) is 4.59. The first-order valence-corrected chi connectivity index (χ1v) is 6.91. The molecule has 0 aliphatic rings. The number of anilines is 1. The Bertz CT molecular complexity index is 693. The number of ether oxygens (including phenoxy) is 2. The van der Waals surface area contributed by atoms with E-state index in [0.717, 1.165) is 17.7 Å². The summed E-state index contributed by atoms with van der Waals surface area (Å²) < 4.78 is 48.6. The molecular formula is C15H14ClF3N2O2. The van der Waals surface area contributed by atoms with Crippen molar-refractivity contribution >= 4 is 17.4 Å². The molecule has 2 aromatic rings. The van der Waals surface area contributed by atoms with Gasteiger partial charge in [0.05, 0.1) is 19.8 Å². The molecule has 0 saturated carbocycles. The Hall–Kier alpha value is -2.15. The van der Waals surface area contributed by atoms with Crippen LogP contribution in [0.5, 0.6) is 11.5 Å². The van der Waals surface area contributed by atoms with Crippen LogP contribution in [0.1, 0.15) is 11.1 Å². The number of alkyl halides is 3. The summed E-state index contributed by atoms with van der Waals surface area (Å²) in [6, 6.07) is 6.85. The smallest absolute Gasteiger partial charge is 0.416 e. The van der Waals surface area contributed by atoms with E-state index in [1.165, 1.54) is 14.2 Å². The van der Waals surface area contributed by atoms with Crippen molar-refractivity contribution in [3.8, 4) is 11.5 Å². The molecule has 2 rings (SSSR count). The summed E-state index contributed by atoms with van der Waals surface area (Å²) >= 11 is 5.64. The Kier molecular flexibility index (Phi) is 5.20. The van der Waals surface area contributed by atoms with E-state index in [2.05, 4.69) is 10.3 Å². The lowest BCUT2D eigenvalue weighted by Gasteiger charge is -2.13. The molecule has 0 spiro atoms. The maximum absolute atomic E-state index is 12.8. The number of nitrogens with zero attached hydrogens (tertiary/aromatic N) is 1. The Balaban J connectivity index is 2.20. The van der Waals surface area contributed by atoms with E-state index in [4.69, 9.17) is 21.1 Å². The quantitative estimate of drug-likeness (QED) is 0.816. The molecule has 124 valence electrons. The Morgan fingerprint density at radius 3 is 2.48 bits per heavy atom. The van der Waals surface area contributed by atoms with Crippen molar-refractivity contribution in [3.05, 3.63) is 46.6 Å². The van der Waals surface area contributed by atoms with Gasteiger partial charge in [0.25, 0.3) is 0 Å². The van der Waals surface area contributed by atoms with Crippen LogP contribution in [0.4, 0.5) is 19.0 Å². The number of aromatic nitrogens is 1. The highest BCUT2D eigenvalue weighted by molar-refractivity contribution is 6.29. The summed E-state index contributed by atoms with van der Waals surface area (Å²) in [5.74, 6) is 1.20. The first kappa shape index (κ1) is 17.2. The van der Waals surface area contributed by atoms with Crippen LogP contribution in [-0.2, 0) is 12.7 Å². The number of nitrogens with one attached hydrogen (secondary N) is 1. The zero-order valence-electron chi connectivity index (χ0n) is 12.4. The third kappa shape index (κ3) is 4.41. The maximum Gasteiger partial charge on any atom is 0.416 e. The number of rotatable bonds is 5. The molecule has 1 aromatic heterocycles. The van der Waals surface area contributed by atoms with Gasteiger partial charge in [-0.25, -0.2) is 4.98 Å². The van der Waals surface area contributed by atoms with Gasteiger partial charge in [0.15, 0.2) is 0 Å². The van der Waals surface area contributed by atoms with Gasteiger partial charge in [0, 0.05) is 18.2 Å². The van der Waals surface area contributed by atoms with Crippen molar-refractivity contribution in [1.29, 1.82) is 0 Å². The SMILES string of the molecule is COc1ccc(CNc2cc(C(F)(F)F)cc(Cl)n2)c(OC)c1. The number of hydrogen-bond acceptors (Lipinski definition) is 4. The number of methoxy groups -OCH3 is 2. The molecule has 23 heavy (non-hydrogen) atoms.